The van der Waals surface area contributed by atoms with E-state index in [1.165, 1.54) is 51.4 Å². The number of hydrogen-bond acceptors (Lipinski definition) is 0. The molecule has 0 bridgehead atoms. The second-order valence-electron chi connectivity index (χ2n) is 6.06. The highest BCUT2D eigenvalue weighted by molar-refractivity contribution is 4.62. The van der Waals surface area contributed by atoms with Crippen LogP contribution in [0.1, 0.15) is 86.0 Å². The van der Waals surface area contributed by atoms with Crippen molar-refractivity contribution in [2.24, 2.45) is 17.8 Å². The molecule has 0 spiro atoms. The van der Waals surface area contributed by atoms with Crippen LogP contribution in [0, 0.1) is 17.8 Å². The maximum atomic E-state index is 2.45. The summed E-state index contributed by atoms with van der Waals surface area (Å²) in [6.45, 7) is 11.9. The van der Waals surface area contributed by atoms with Crippen LogP contribution in [-0.4, -0.2) is 0 Å². The summed E-state index contributed by atoms with van der Waals surface area (Å²) in [4.78, 5) is 0. The van der Waals surface area contributed by atoms with E-state index in [9.17, 15) is 0 Å². The van der Waals surface area contributed by atoms with E-state index in [1.54, 1.807) is 0 Å². The molecule has 0 amide bonds. The van der Waals surface area contributed by atoms with Crippen LogP contribution in [0.2, 0.25) is 0 Å². The second kappa shape index (κ2) is 10.2. The minimum Gasteiger partial charge on any atom is -0.0654 e. The number of unbranched alkanes of at least 4 members (excludes halogenated alkanes) is 1. The molecule has 0 saturated carbocycles. The Bertz CT molecular complexity index is 139. The van der Waals surface area contributed by atoms with Gasteiger partial charge < -0.3 is 0 Å². The lowest BCUT2D eigenvalue weighted by atomic mass is 9.88. The first-order valence-electron chi connectivity index (χ1n) is 7.60. The van der Waals surface area contributed by atoms with Gasteiger partial charge in [-0.15, -0.1) is 0 Å². The second-order valence-corrected chi connectivity index (χ2v) is 6.06. The summed E-state index contributed by atoms with van der Waals surface area (Å²) in [5.74, 6) is 2.82. The van der Waals surface area contributed by atoms with Gasteiger partial charge in [-0.3, -0.25) is 0 Å². The van der Waals surface area contributed by atoms with E-state index in [1.807, 2.05) is 0 Å². The first-order chi connectivity index (χ1) is 7.60. The maximum Gasteiger partial charge on any atom is -0.0440 e. The molecular weight excluding hydrogens is 192 g/mol. The molecule has 3 unspecified atom stereocenters. The Morgan fingerprint density at radius 1 is 0.625 bits per heavy atom. The van der Waals surface area contributed by atoms with Crippen LogP contribution in [0.5, 0.6) is 0 Å². The maximum absolute atomic E-state index is 2.45. The molecule has 0 heterocycles. The van der Waals surface area contributed by atoms with Crippen molar-refractivity contribution in [2.75, 3.05) is 0 Å². The zero-order valence-corrected chi connectivity index (χ0v) is 12.4. The van der Waals surface area contributed by atoms with E-state index in [0.29, 0.717) is 0 Å². The van der Waals surface area contributed by atoms with Crippen molar-refractivity contribution >= 4 is 0 Å². The van der Waals surface area contributed by atoms with Crippen molar-refractivity contribution < 1.29 is 0 Å². The summed E-state index contributed by atoms with van der Waals surface area (Å²) < 4.78 is 0. The predicted molar refractivity (Wildman–Crippen MR) is 75.8 cm³/mol. The molecule has 0 N–H and O–H groups in total. The van der Waals surface area contributed by atoms with Crippen molar-refractivity contribution in [3.63, 3.8) is 0 Å². The van der Waals surface area contributed by atoms with E-state index < -0.39 is 0 Å². The van der Waals surface area contributed by atoms with Crippen molar-refractivity contribution in [2.45, 2.75) is 86.0 Å². The average molecular weight is 226 g/mol. The zero-order valence-electron chi connectivity index (χ0n) is 12.4. The van der Waals surface area contributed by atoms with Crippen molar-refractivity contribution in [1.29, 1.82) is 0 Å². The minimum atomic E-state index is 0.936. The Kier molecular flexibility index (Phi) is 10.2. The zero-order chi connectivity index (χ0) is 12.4. The van der Waals surface area contributed by atoms with Crippen LogP contribution >= 0.6 is 0 Å². The Morgan fingerprint density at radius 3 is 1.75 bits per heavy atom. The molecule has 0 aliphatic heterocycles. The molecule has 3 atom stereocenters. The summed E-state index contributed by atoms with van der Waals surface area (Å²) in [6, 6.07) is 0. The summed E-state index contributed by atoms with van der Waals surface area (Å²) in [5.41, 5.74) is 0. The van der Waals surface area contributed by atoms with Gasteiger partial charge in [0.05, 0.1) is 0 Å². The van der Waals surface area contributed by atoms with E-state index in [2.05, 4.69) is 34.6 Å². The normalized spacial score (nSPS) is 17.1. The molecule has 0 aromatic rings. The summed E-state index contributed by atoms with van der Waals surface area (Å²) in [7, 11) is 0. The molecular formula is C16H34. The largest absolute Gasteiger partial charge is 0.0654 e. The van der Waals surface area contributed by atoms with Gasteiger partial charge in [0, 0.05) is 0 Å². The monoisotopic (exact) mass is 226 g/mol. The van der Waals surface area contributed by atoms with Gasteiger partial charge in [-0.25, -0.2) is 0 Å². The van der Waals surface area contributed by atoms with Crippen LogP contribution in [0.4, 0.5) is 0 Å². The molecule has 0 nitrogen and oxygen atoms in total. The Morgan fingerprint density at radius 2 is 1.19 bits per heavy atom. The third-order valence-corrected chi connectivity index (χ3v) is 3.79. The third-order valence-electron chi connectivity index (χ3n) is 3.79. The number of hydrogen-bond donors (Lipinski definition) is 0. The van der Waals surface area contributed by atoms with Gasteiger partial charge in [-0.1, -0.05) is 79.6 Å². The van der Waals surface area contributed by atoms with Crippen LogP contribution in [0.25, 0.3) is 0 Å². The third kappa shape index (κ3) is 9.24. The van der Waals surface area contributed by atoms with Gasteiger partial charge in [0.15, 0.2) is 0 Å². The highest BCUT2D eigenvalue weighted by atomic mass is 14.2. The van der Waals surface area contributed by atoms with Crippen LogP contribution in [0.3, 0.4) is 0 Å². The lowest BCUT2D eigenvalue weighted by Gasteiger charge is -2.18. The fourth-order valence-corrected chi connectivity index (χ4v) is 2.68. The van der Waals surface area contributed by atoms with Gasteiger partial charge in [0.2, 0.25) is 0 Å². The van der Waals surface area contributed by atoms with Gasteiger partial charge in [-0.2, -0.15) is 0 Å². The molecule has 0 aliphatic carbocycles. The van der Waals surface area contributed by atoms with Crippen molar-refractivity contribution in [3.8, 4) is 0 Å². The smallest absolute Gasteiger partial charge is 0.0440 e. The average Bonchev–Trinajstić information content (AvgIpc) is 2.24. The predicted octanol–water partition coefficient (Wildman–Crippen LogP) is 6.06. The Labute approximate surface area is 104 Å². The lowest BCUT2D eigenvalue weighted by Crippen LogP contribution is -2.05. The summed E-state index contributed by atoms with van der Waals surface area (Å²) in [6.07, 6.45) is 11.3. The standard InChI is InChI=1S/C16H34/c1-6-8-10-15(4)13-16(5)12-11-14(3)9-7-2/h14-16H,6-13H2,1-5H3. The topological polar surface area (TPSA) is 0 Å². The van der Waals surface area contributed by atoms with Gasteiger partial charge in [-0.05, 0) is 24.2 Å². The Balaban J connectivity index is 3.52. The lowest BCUT2D eigenvalue weighted by molar-refractivity contribution is 0.338. The van der Waals surface area contributed by atoms with Crippen LogP contribution in [-0.2, 0) is 0 Å². The van der Waals surface area contributed by atoms with E-state index in [4.69, 9.17) is 0 Å². The van der Waals surface area contributed by atoms with Crippen LogP contribution in [0.15, 0.2) is 0 Å². The first kappa shape index (κ1) is 16.0. The first-order valence-corrected chi connectivity index (χ1v) is 7.60. The summed E-state index contributed by atoms with van der Waals surface area (Å²) in [5, 5.41) is 0. The molecule has 0 rings (SSSR count). The fraction of sp³-hybridized carbons (Fsp3) is 1.00. The highest BCUT2D eigenvalue weighted by Crippen LogP contribution is 2.23. The number of rotatable bonds is 10. The van der Waals surface area contributed by atoms with Crippen LogP contribution < -0.4 is 0 Å². The molecule has 0 aromatic carbocycles. The highest BCUT2D eigenvalue weighted by Gasteiger charge is 2.10. The fourth-order valence-electron chi connectivity index (χ4n) is 2.68. The molecule has 98 valence electrons. The molecule has 0 radical (unpaired) electrons. The quantitative estimate of drug-likeness (QED) is 0.425. The van der Waals surface area contributed by atoms with Crippen molar-refractivity contribution in [1.82, 2.24) is 0 Å². The Hall–Kier alpha value is 0. The molecule has 0 heteroatoms. The SMILES string of the molecule is CCCCC(C)CC(C)CCC(C)CCC. The van der Waals surface area contributed by atoms with E-state index in [0.717, 1.165) is 17.8 Å². The minimum absolute atomic E-state index is 0.936. The van der Waals surface area contributed by atoms with E-state index in [-0.39, 0.29) is 0 Å². The summed E-state index contributed by atoms with van der Waals surface area (Å²) >= 11 is 0. The molecule has 0 fully saturated rings. The van der Waals surface area contributed by atoms with Gasteiger partial charge in [0.25, 0.3) is 0 Å². The van der Waals surface area contributed by atoms with E-state index >= 15 is 0 Å². The van der Waals surface area contributed by atoms with Gasteiger partial charge in [0.1, 0.15) is 0 Å². The molecule has 0 aliphatic rings. The van der Waals surface area contributed by atoms with Crippen molar-refractivity contribution in [3.05, 3.63) is 0 Å². The molecule has 16 heavy (non-hydrogen) atoms. The molecule has 0 aromatic heterocycles. The molecule has 0 saturated heterocycles. The van der Waals surface area contributed by atoms with Gasteiger partial charge >= 0.3 is 0 Å².